The van der Waals surface area contributed by atoms with Gasteiger partial charge in [-0.25, -0.2) is 0 Å². The van der Waals surface area contributed by atoms with Gasteiger partial charge in [-0.15, -0.1) is 0 Å². The number of benzene rings is 1. The topological polar surface area (TPSA) is 49.3 Å². The maximum Gasteiger partial charge on any atom is 0.325 e. The second kappa shape index (κ2) is 2.85. The number of rotatable bonds is 1. The zero-order chi connectivity index (χ0) is 9.42. The molecule has 13 heavy (non-hydrogen) atoms. The summed E-state index contributed by atoms with van der Waals surface area (Å²) >= 11 is 0. The molecule has 1 aromatic carbocycles. The lowest BCUT2D eigenvalue weighted by Crippen LogP contribution is -2.21. The fourth-order valence-corrected chi connectivity index (χ4v) is 1.71. The first-order chi connectivity index (χ1) is 6.18. The molecule has 0 aromatic heterocycles. The number of aliphatic carboxylic acids is 1. The quantitative estimate of drug-likeness (QED) is 0.678. The highest BCUT2D eigenvalue weighted by Gasteiger charge is 2.27. The van der Waals surface area contributed by atoms with Gasteiger partial charge in [0, 0.05) is 6.54 Å². The van der Waals surface area contributed by atoms with E-state index in [9.17, 15) is 4.79 Å². The van der Waals surface area contributed by atoms with Gasteiger partial charge < -0.3 is 5.11 Å². The van der Waals surface area contributed by atoms with E-state index in [-0.39, 0.29) is 0 Å². The molecule has 0 spiro atoms. The SMILES string of the molecule is Cc1ccc2c(c1)CN[C@@H]2C(=O)O. The third-order valence-corrected chi connectivity index (χ3v) is 2.35. The minimum Gasteiger partial charge on any atom is -0.480 e. The Morgan fingerprint density at radius 2 is 2.38 bits per heavy atom. The third kappa shape index (κ3) is 1.31. The fourth-order valence-electron chi connectivity index (χ4n) is 1.71. The normalized spacial score (nSPS) is 19.9. The Morgan fingerprint density at radius 3 is 3.08 bits per heavy atom. The Labute approximate surface area is 76.4 Å². The molecular formula is C10H11NO2. The molecule has 1 aromatic rings. The van der Waals surface area contributed by atoms with Crippen molar-refractivity contribution in [2.24, 2.45) is 0 Å². The van der Waals surface area contributed by atoms with Gasteiger partial charge in [0.1, 0.15) is 6.04 Å². The molecule has 0 saturated carbocycles. The fraction of sp³-hybridized carbons (Fsp3) is 0.300. The maximum atomic E-state index is 10.8. The van der Waals surface area contributed by atoms with Crippen LogP contribution in [0.4, 0.5) is 0 Å². The standard InChI is InChI=1S/C10H11NO2/c1-6-2-3-8-7(4-6)5-11-9(8)10(12)13/h2-4,9,11H,5H2,1H3,(H,12,13)/t9-/m0/s1. The zero-order valence-corrected chi connectivity index (χ0v) is 7.37. The van der Waals surface area contributed by atoms with Crippen LogP contribution in [0.5, 0.6) is 0 Å². The van der Waals surface area contributed by atoms with Crippen LogP contribution < -0.4 is 5.32 Å². The number of carboxylic acid groups (broad SMARTS) is 1. The summed E-state index contributed by atoms with van der Waals surface area (Å²) in [5.41, 5.74) is 3.18. The first-order valence-electron chi connectivity index (χ1n) is 4.24. The predicted molar refractivity (Wildman–Crippen MR) is 48.4 cm³/mol. The molecule has 2 N–H and O–H groups in total. The molecule has 1 aliphatic rings. The number of hydrogen-bond donors (Lipinski definition) is 2. The highest BCUT2D eigenvalue weighted by Crippen LogP contribution is 2.25. The summed E-state index contributed by atoms with van der Waals surface area (Å²) in [7, 11) is 0. The molecule has 0 unspecified atom stereocenters. The smallest absolute Gasteiger partial charge is 0.325 e. The van der Waals surface area contributed by atoms with E-state index in [1.165, 1.54) is 5.56 Å². The van der Waals surface area contributed by atoms with Crippen LogP contribution in [0.25, 0.3) is 0 Å². The molecule has 1 atom stereocenters. The number of carboxylic acids is 1. The minimum absolute atomic E-state index is 0.518. The number of aryl methyl sites for hydroxylation is 1. The van der Waals surface area contributed by atoms with Crippen molar-refractivity contribution >= 4 is 5.97 Å². The van der Waals surface area contributed by atoms with Gasteiger partial charge in [-0.2, -0.15) is 0 Å². The van der Waals surface area contributed by atoms with Crippen molar-refractivity contribution in [3.05, 3.63) is 34.9 Å². The van der Waals surface area contributed by atoms with E-state index < -0.39 is 12.0 Å². The zero-order valence-electron chi connectivity index (χ0n) is 7.37. The van der Waals surface area contributed by atoms with Gasteiger partial charge in [-0.05, 0) is 18.1 Å². The first-order valence-corrected chi connectivity index (χ1v) is 4.24. The van der Waals surface area contributed by atoms with Gasteiger partial charge in [0.05, 0.1) is 0 Å². The van der Waals surface area contributed by atoms with Crippen LogP contribution in [0, 0.1) is 6.92 Å². The van der Waals surface area contributed by atoms with Gasteiger partial charge in [-0.3, -0.25) is 10.1 Å². The summed E-state index contributed by atoms with van der Waals surface area (Å²) < 4.78 is 0. The van der Waals surface area contributed by atoms with E-state index in [0.717, 1.165) is 11.1 Å². The van der Waals surface area contributed by atoms with Crippen LogP contribution in [-0.4, -0.2) is 11.1 Å². The summed E-state index contributed by atoms with van der Waals surface area (Å²) in [6, 6.07) is 5.35. The van der Waals surface area contributed by atoms with Crippen molar-refractivity contribution in [1.82, 2.24) is 5.32 Å². The molecule has 0 amide bonds. The van der Waals surface area contributed by atoms with Crippen LogP contribution in [0.3, 0.4) is 0 Å². The average molecular weight is 177 g/mol. The molecule has 0 bridgehead atoms. The van der Waals surface area contributed by atoms with E-state index in [2.05, 4.69) is 5.32 Å². The largest absolute Gasteiger partial charge is 0.480 e. The lowest BCUT2D eigenvalue weighted by molar-refractivity contribution is -0.139. The lowest BCUT2D eigenvalue weighted by Gasteiger charge is -2.05. The number of nitrogens with one attached hydrogen (secondary N) is 1. The van der Waals surface area contributed by atoms with Crippen molar-refractivity contribution in [2.45, 2.75) is 19.5 Å². The minimum atomic E-state index is -0.803. The highest BCUT2D eigenvalue weighted by atomic mass is 16.4. The van der Waals surface area contributed by atoms with Gasteiger partial charge in [-0.1, -0.05) is 23.8 Å². The summed E-state index contributed by atoms with van der Waals surface area (Å²) in [6.45, 7) is 2.67. The van der Waals surface area contributed by atoms with E-state index in [1.54, 1.807) is 0 Å². The molecule has 1 heterocycles. The summed E-state index contributed by atoms with van der Waals surface area (Å²) in [5.74, 6) is -0.803. The van der Waals surface area contributed by atoms with Crippen molar-refractivity contribution in [3.8, 4) is 0 Å². The third-order valence-electron chi connectivity index (χ3n) is 2.35. The molecule has 3 heteroatoms. The van der Waals surface area contributed by atoms with Crippen molar-refractivity contribution < 1.29 is 9.90 Å². The van der Waals surface area contributed by atoms with Gasteiger partial charge in [0.2, 0.25) is 0 Å². The van der Waals surface area contributed by atoms with Crippen molar-refractivity contribution in [3.63, 3.8) is 0 Å². The lowest BCUT2D eigenvalue weighted by atomic mass is 10.0. The van der Waals surface area contributed by atoms with E-state index in [4.69, 9.17) is 5.11 Å². The molecule has 3 nitrogen and oxygen atoms in total. The Hall–Kier alpha value is -1.35. The van der Waals surface area contributed by atoms with Gasteiger partial charge in [0.25, 0.3) is 0 Å². The van der Waals surface area contributed by atoms with Crippen LogP contribution in [-0.2, 0) is 11.3 Å². The van der Waals surface area contributed by atoms with E-state index >= 15 is 0 Å². The maximum absolute atomic E-state index is 10.8. The molecule has 0 fully saturated rings. The number of fused-ring (bicyclic) bond motifs is 1. The molecule has 68 valence electrons. The summed E-state index contributed by atoms with van der Waals surface area (Å²) in [5, 5.41) is 11.8. The molecule has 2 rings (SSSR count). The molecule has 0 radical (unpaired) electrons. The van der Waals surface area contributed by atoms with E-state index in [1.807, 2.05) is 25.1 Å². The van der Waals surface area contributed by atoms with Crippen LogP contribution >= 0.6 is 0 Å². The molecule has 1 aliphatic heterocycles. The second-order valence-corrected chi connectivity index (χ2v) is 3.35. The second-order valence-electron chi connectivity index (χ2n) is 3.35. The monoisotopic (exact) mass is 177 g/mol. The Kier molecular flexibility index (Phi) is 1.81. The number of carbonyl (C=O) groups is 1. The average Bonchev–Trinajstić information content (AvgIpc) is 2.46. The first kappa shape index (κ1) is 8.26. The molecule has 0 aliphatic carbocycles. The Bertz CT molecular complexity index is 360. The predicted octanol–water partition coefficient (Wildman–Crippen LogP) is 1.22. The number of hydrogen-bond acceptors (Lipinski definition) is 2. The molecular weight excluding hydrogens is 166 g/mol. The van der Waals surface area contributed by atoms with Crippen molar-refractivity contribution in [2.75, 3.05) is 0 Å². The van der Waals surface area contributed by atoms with Crippen molar-refractivity contribution in [1.29, 1.82) is 0 Å². The van der Waals surface area contributed by atoms with Gasteiger partial charge in [0.15, 0.2) is 0 Å². The Morgan fingerprint density at radius 1 is 1.62 bits per heavy atom. The van der Waals surface area contributed by atoms with Crippen LogP contribution in [0.2, 0.25) is 0 Å². The van der Waals surface area contributed by atoms with Gasteiger partial charge >= 0.3 is 5.97 Å². The van der Waals surface area contributed by atoms with Crippen LogP contribution in [0.1, 0.15) is 22.7 Å². The summed E-state index contributed by atoms with van der Waals surface area (Å²) in [6.07, 6.45) is 0. The Balaban J connectivity index is 2.44. The van der Waals surface area contributed by atoms with E-state index in [0.29, 0.717) is 6.54 Å². The van der Waals surface area contributed by atoms with Crippen LogP contribution in [0.15, 0.2) is 18.2 Å². The highest BCUT2D eigenvalue weighted by molar-refractivity contribution is 5.77. The molecule has 0 saturated heterocycles. The summed E-state index contributed by atoms with van der Waals surface area (Å²) in [4.78, 5) is 10.8.